The summed E-state index contributed by atoms with van der Waals surface area (Å²) in [7, 11) is 0. The Morgan fingerprint density at radius 3 is 1.29 bits per heavy atom. The Morgan fingerprint density at radius 1 is 0.381 bits per heavy atom. The van der Waals surface area contributed by atoms with Crippen LogP contribution in [0.5, 0.6) is 0 Å². The van der Waals surface area contributed by atoms with Gasteiger partial charge in [-0.25, -0.2) is 0 Å². The second-order valence-electron chi connectivity index (χ2n) is 11.6. The van der Waals surface area contributed by atoms with Gasteiger partial charge >= 0.3 is 0 Å². The summed E-state index contributed by atoms with van der Waals surface area (Å²) in [6, 6.07) is 17.8. The summed E-state index contributed by atoms with van der Waals surface area (Å²) in [5, 5.41) is 21.6. The van der Waals surface area contributed by atoms with Crippen LogP contribution in [0.2, 0.25) is 0 Å². The first-order valence-electron chi connectivity index (χ1n) is 17.3. The topological polar surface area (TPSA) is 72.2 Å². The van der Waals surface area contributed by atoms with Gasteiger partial charge in [0.25, 0.3) is 0 Å². The van der Waals surface area contributed by atoms with Crippen molar-refractivity contribution in [1.82, 2.24) is 31.9 Å². The molecule has 6 N–H and O–H groups in total. The molecule has 0 saturated carbocycles. The zero-order valence-corrected chi connectivity index (χ0v) is 27.2. The molecule has 0 aliphatic rings. The second-order valence-corrected chi connectivity index (χ2v) is 11.6. The Balaban J connectivity index is 1.61. The third kappa shape index (κ3) is 19.4. The van der Waals surface area contributed by atoms with Gasteiger partial charge in [-0.1, -0.05) is 88.8 Å². The summed E-state index contributed by atoms with van der Waals surface area (Å²) in [5.74, 6) is 0. The van der Waals surface area contributed by atoms with E-state index in [0.717, 1.165) is 78.5 Å². The van der Waals surface area contributed by atoms with Crippen molar-refractivity contribution in [3.05, 3.63) is 59.7 Å². The van der Waals surface area contributed by atoms with Crippen molar-refractivity contribution < 1.29 is 0 Å². The molecule has 6 nitrogen and oxygen atoms in total. The lowest BCUT2D eigenvalue weighted by molar-refractivity contribution is 0.554. The van der Waals surface area contributed by atoms with Crippen LogP contribution in [-0.2, 0) is 13.1 Å². The zero-order valence-electron chi connectivity index (χ0n) is 27.2. The van der Waals surface area contributed by atoms with Crippen molar-refractivity contribution in [2.24, 2.45) is 0 Å². The summed E-state index contributed by atoms with van der Waals surface area (Å²) in [6.07, 6.45) is 13.1. The molecule has 0 bridgehead atoms. The van der Waals surface area contributed by atoms with E-state index in [-0.39, 0.29) is 0 Å². The molecule has 6 heteroatoms. The normalized spacial score (nSPS) is 11.4. The average Bonchev–Trinajstić information content (AvgIpc) is 3.02. The number of nitrogens with one attached hydrogen (secondary N) is 6. The maximum atomic E-state index is 3.64. The van der Waals surface area contributed by atoms with Crippen molar-refractivity contribution in [3.8, 4) is 11.1 Å². The van der Waals surface area contributed by atoms with Crippen LogP contribution in [0.1, 0.15) is 89.2 Å². The molecule has 42 heavy (non-hydrogen) atoms. The molecule has 0 aromatic heterocycles. The molecule has 0 unspecified atom stereocenters. The van der Waals surface area contributed by atoms with Crippen molar-refractivity contribution >= 4 is 0 Å². The Bertz CT molecular complexity index is 811. The Kier molecular flexibility index (Phi) is 23.2. The van der Waals surface area contributed by atoms with Gasteiger partial charge in [-0.2, -0.15) is 0 Å². The molecule has 0 fully saturated rings. The quantitative estimate of drug-likeness (QED) is 0.0681. The molecule has 0 spiro atoms. The predicted octanol–water partition coefficient (Wildman–Crippen LogP) is 5.83. The maximum Gasteiger partial charge on any atom is 0.0206 e. The second kappa shape index (κ2) is 26.8. The molecule has 0 amide bonds. The molecule has 0 aliphatic carbocycles. The van der Waals surface area contributed by atoms with Crippen LogP contribution >= 0.6 is 0 Å². The van der Waals surface area contributed by atoms with Gasteiger partial charge in [0.15, 0.2) is 0 Å². The number of rotatable bonds is 29. The molecule has 2 rings (SSSR count). The Labute approximate surface area is 259 Å². The Morgan fingerprint density at radius 2 is 0.810 bits per heavy atom. The van der Waals surface area contributed by atoms with Gasteiger partial charge in [0.2, 0.25) is 0 Å². The highest BCUT2D eigenvalue weighted by atomic mass is 15.0. The van der Waals surface area contributed by atoms with E-state index < -0.39 is 0 Å². The minimum atomic E-state index is 0.892. The van der Waals surface area contributed by atoms with Gasteiger partial charge < -0.3 is 31.9 Å². The van der Waals surface area contributed by atoms with E-state index in [2.05, 4.69) is 94.3 Å². The van der Waals surface area contributed by atoms with Crippen LogP contribution < -0.4 is 31.9 Å². The third-order valence-corrected chi connectivity index (χ3v) is 7.60. The molecule has 0 radical (unpaired) electrons. The lowest BCUT2D eigenvalue weighted by atomic mass is 9.99. The number of hydrogen-bond donors (Lipinski definition) is 6. The molecule has 0 atom stereocenters. The summed E-state index contributed by atoms with van der Waals surface area (Å²) in [5.41, 5.74) is 5.27. The highest BCUT2D eigenvalue weighted by Gasteiger charge is 2.04. The van der Waals surface area contributed by atoms with Crippen LogP contribution in [-0.4, -0.2) is 65.4 Å². The van der Waals surface area contributed by atoms with E-state index in [9.17, 15) is 0 Å². The van der Waals surface area contributed by atoms with Crippen LogP contribution in [0, 0.1) is 0 Å². The predicted molar refractivity (Wildman–Crippen MR) is 184 cm³/mol. The molecular weight excluding hydrogens is 516 g/mol. The first-order valence-corrected chi connectivity index (χ1v) is 17.3. The third-order valence-electron chi connectivity index (χ3n) is 7.60. The van der Waals surface area contributed by atoms with Crippen molar-refractivity contribution in [2.45, 2.75) is 91.1 Å². The van der Waals surface area contributed by atoms with Crippen molar-refractivity contribution in [1.29, 1.82) is 0 Å². The Hall–Kier alpha value is -1.80. The van der Waals surface area contributed by atoms with Crippen molar-refractivity contribution in [3.63, 3.8) is 0 Å². The zero-order chi connectivity index (χ0) is 29.8. The summed E-state index contributed by atoms with van der Waals surface area (Å²) in [6.45, 7) is 17.0. The van der Waals surface area contributed by atoms with Gasteiger partial charge in [0.05, 0.1) is 0 Å². The first kappa shape index (κ1) is 36.4. The summed E-state index contributed by atoms with van der Waals surface area (Å²) >= 11 is 0. The van der Waals surface area contributed by atoms with Crippen LogP contribution in [0.4, 0.5) is 0 Å². The first-order chi connectivity index (χ1) is 20.8. The highest BCUT2D eigenvalue weighted by Crippen LogP contribution is 2.22. The van der Waals surface area contributed by atoms with E-state index in [1.165, 1.54) is 86.5 Å². The van der Waals surface area contributed by atoms with Crippen LogP contribution in [0.3, 0.4) is 0 Å². The van der Waals surface area contributed by atoms with Gasteiger partial charge in [0.1, 0.15) is 0 Å². The molecule has 0 aliphatic heterocycles. The van der Waals surface area contributed by atoms with Gasteiger partial charge in [0, 0.05) is 39.3 Å². The number of benzene rings is 2. The lowest BCUT2D eigenvalue weighted by Crippen LogP contribution is -2.29. The fourth-order valence-electron chi connectivity index (χ4n) is 5.11. The lowest BCUT2D eigenvalue weighted by Gasteiger charge is -2.13. The minimum absolute atomic E-state index is 0.892. The van der Waals surface area contributed by atoms with Crippen LogP contribution in [0.25, 0.3) is 11.1 Å². The molecule has 2 aromatic rings. The maximum absolute atomic E-state index is 3.64. The smallest absolute Gasteiger partial charge is 0.0206 e. The largest absolute Gasteiger partial charge is 0.317 e. The van der Waals surface area contributed by atoms with E-state index in [4.69, 9.17) is 0 Å². The number of unbranched alkanes of at least 4 members (excludes halogenated alkanes) is 6. The average molecular weight is 581 g/mol. The van der Waals surface area contributed by atoms with Gasteiger partial charge in [-0.05, 0) is 99.3 Å². The summed E-state index contributed by atoms with van der Waals surface area (Å²) < 4.78 is 0. The van der Waals surface area contributed by atoms with E-state index >= 15 is 0 Å². The SMILES string of the molecule is CCCCCCNCCCNCCNCc1cc(CNCCNCCCNCCCCCC)cc(-c2ccccc2)c1. The number of hydrogen-bond acceptors (Lipinski definition) is 6. The van der Waals surface area contributed by atoms with Crippen molar-refractivity contribution in [2.75, 3.05) is 65.4 Å². The fourth-order valence-corrected chi connectivity index (χ4v) is 5.11. The molecular formula is C36H64N6. The van der Waals surface area contributed by atoms with Gasteiger partial charge in [-0.15, -0.1) is 0 Å². The van der Waals surface area contributed by atoms with Gasteiger partial charge in [-0.3, -0.25) is 0 Å². The highest BCUT2D eigenvalue weighted by molar-refractivity contribution is 5.65. The molecule has 0 saturated heterocycles. The van der Waals surface area contributed by atoms with E-state index in [1.807, 2.05) is 0 Å². The van der Waals surface area contributed by atoms with E-state index in [0.29, 0.717) is 0 Å². The minimum Gasteiger partial charge on any atom is -0.317 e. The molecule has 2 aromatic carbocycles. The summed E-state index contributed by atoms with van der Waals surface area (Å²) in [4.78, 5) is 0. The monoisotopic (exact) mass is 581 g/mol. The van der Waals surface area contributed by atoms with E-state index in [1.54, 1.807) is 0 Å². The van der Waals surface area contributed by atoms with Crippen LogP contribution in [0.15, 0.2) is 48.5 Å². The fraction of sp³-hybridized carbons (Fsp3) is 0.667. The molecule has 238 valence electrons. The molecule has 0 heterocycles. The standard InChI is InChI=1S/C36H64N6/c1-3-5-7-12-18-37-20-14-22-39-24-26-41-31-33-28-34(30-36(29-33)35-16-10-9-11-17-35)32-42-27-25-40-23-15-21-38-19-13-8-6-4-2/h9-11,16-17,28-30,37-42H,3-8,12-15,18-27,31-32H2,1-2H3.